The number of piperazine rings is 1. The molecule has 1 unspecified atom stereocenters. The fourth-order valence-corrected chi connectivity index (χ4v) is 5.32. The number of nitrogens with one attached hydrogen (secondary N) is 1. The molecule has 0 saturated carbocycles. The minimum absolute atomic E-state index is 0.0315. The van der Waals surface area contributed by atoms with E-state index in [1.807, 2.05) is 35.2 Å². The number of hydrogen-bond donors (Lipinski definition) is 1. The van der Waals surface area contributed by atoms with Crippen LogP contribution in [0.5, 0.6) is 0 Å². The zero-order valence-corrected chi connectivity index (χ0v) is 20.7. The molecule has 178 valence electrons. The number of rotatable bonds is 7. The molecular formula is C25H25Cl2N3O3S. The molecular weight excluding hydrogens is 493 g/mol. The van der Waals surface area contributed by atoms with Crippen molar-refractivity contribution in [3.05, 3.63) is 100 Å². The Morgan fingerprint density at radius 3 is 1.97 bits per heavy atom. The lowest BCUT2D eigenvalue weighted by Gasteiger charge is -2.39. The third-order valence-corrected chi connectivity index (χ3v) is 7.85. The number of carbonyl (C=O) groups is 1. The summed E-state index contributed by atoms with van der Waals surface area (Å²) in [6.07, 6.45) is 0. The van der Waals surface area contributed by atoms with Gasteiger partial charge in [0.1, 0.15) is 0 Å². The van der Waals surface area contributed by atoms with Gasteiger partial charge < -0.3 is 4.90 Å². The van der Waals surface area contributed by atoms with Crippen LogP contribution in [-0.2, 0) is 10.0 Å². The third kappa shape index (κ3) is 5.98. The molecule has 0 spiro atoms. The standard InChI is InChI=1S/C25H25Cl2N3O3S/c26-21-8-6-20(7-9-21)25(31)30-16-14-29(15-17-30)24(19-4-2-1-3-5-19)18-28-34(32,33)23-12-10-22(27)11-13-23/h1-13,24,28H,14-18H2. The molecule has 3 aromatic rings. The second kappa shape index (κ2) is 10.9. The topological polar surface area (TPSA) is 69.7 Å². The monoisotopic (exact) mass is 517 g/mol. The van der Waals surface area contributed by atoms with Gasteiger partial charge in [-0.2, -0.15) is 0 Å². The molecule has 6 nitrogen and oxygen atoms in total. The molecule has 34 heavy (non-hydrogen) atoms. The average molecular weight is 518 g/mol. The van der Waals surface area contributed by atoms with Gasteiger partial charge >= 0.3 is 0 Å². The van der Waals surface area contributed by atoms with Crippen molar-refractivity contribution in [1.29, 1.82) is 0 Å². The first-order chi connectivity index (χ1) is 16.3. The average Bonchev–Trinajstić information content (AvgIpc) is 2.85. The van der Waals surface area contributed by atoms with Crippen LogP contribution in [0.4, 0.5) is 0 Å². The summed E-state index contributed by atoms with van der Waals surface area (Å²) in [6, 6.07) is 22.6. The lowest BCUT2D eigenvalue weighted by atomic mass is 10.0. The second-order valence-corrected chi connectivity index (χ2v) is 10.7. The third-order valence-electron chi connectivity index (χ3n) is 5.91. The number of hydrogen-bond acceptors (Lipinski definition) is 4. The highest BCUT2D eigenvalue weighted by Crippen LogP contribution is 2.24. The Balaban J connectivity index is 1.45. The van der Waals surface area contributed by atoms with Crippen molar-refractivity contribution in [3.8, 4) is 0 Å². The molecule has 1 aliphatic heterocycles. The van der Waals surface area contributed by atoms with Gasteiger partial charge in [-0.05, 0) is 54.1 Å². The summed E-state index contributed by atoms with van der Waals surface area (Å²) in [5, 5.41) is 1.07. The molecule has 1 saturated heterocycles. The summed E-state index contributed by atoms with van der Waals surface area (Å²) in [5.41, 5.74) is 1.62. The molecule has 1 heterocycles. The number of sulfonamides is 1. The van der Waals surface area contributed by atoms with E-state index in [1.54, 1.807) is 36.4 Å². The molecule has 0 aromatic heterocycles. The zero-order chi connectivity index (χ0) is 24.1. The lowest BCUT2D eigenvalue weighted by Crippen LogP contribution is -2.51. The van der Waals surface area contributed by atoms with Gasteiger partial charge in [-0.1, -0.05) is 53.5 Å². The van der Waals surface area contributed by atoms with E-state index < -0.39 is 10.0 Å². The maximum Gasteiger partial charge on any atom is 0.253 e. The summed E-state index contributed by atoms with van der Waals surface area (Å²) in [5.74, 6) is -0.0315. The summed E-state index contributed by atoms with van der Waals surface area (Å²) in [6.45, 7) is 2.56. The van der Waals surface area contributed by atoms with Crippen LogP contribution < -0.4 is 4.72 Å². The quantitative estimate of drug-likeness (QED) is 0.501. The minimum atomic E-state index is -3.69. The van der Waals surface area contributed by atoms with Crippen molar-refractivity contribution in [3.63, 3.8) is 0 Å². The first kappa shape index (κ1) is 24.7. The van der Waals surface area contributed by atoms with E-state index in [4.69, 9.17) is 23.2 Å². The van der Waals surface area contributed by atoms with Crippen molar-refractivity contribution in [2.75, 3.05) is 32.7 Å². The van der Waals surface area contributed by atoms with E-state index in [0.717, 1.165) is 5.56 Å². The first-order valence-electron chi connectivity index (χ1n) is 10.9. The van der Waals surface area contributed by atoms with Crippen LogP contribution in [0.25, 0.3) is 0 Å². The van der Waals surface area contributed by atoms with E-state index in [1.165, 1.54) is 12.1 Å². The van der Waals surface area contributed by atoms with Gasteiger partial charge in [0.2, 0.25) is 10.0 Å². The summed E-state index contributed by atoms with van der Waals surface area (Å²) >= 11 is 11.8. The largest absolute Gasteiger partial charge is 0.336 e. The van der Waals surface area contributed by atoms with Gasteiger partial charge in [-0.3, -0.25) is 9.69 Å². The van der Waals surface area contributed by atoms with Crippen molar-refractivity contribution in [2.24, 2.45) is 0 Å². The second-order valence-electron chi connectivity index (χ2n) is 8.07. The Labute approximate surface area is 210 Å². The molecule has 0 aliphatic carbocycles. The van der Waals surface area contributed by atoms with E-state index in [2.05, 4.69) is 9.62 Å². The lowest BCUT2D eigenvalue weighted by molar-refractivity contribution is 0.0571. The molecule has 1 N–H and O–H groups in total. The molecule has 9 heteroatoms. The van der Waals surface area contributed by atoms with Crippen LogP contribution in [0, 0.1) is 0 Å². The van der Waals surface area contributed by atoms with Crippen molar-refractivity contribution >= 4 is 39.1 Å². The fraction of sp³-hybridized carbons (Fsp3) is 0.240. The van der Waals surface area contributed by atoms with Gasteiger partial charge in [0.15, 0.2) is 0 Å². The van der Waals surface area contributed by atoms with Crippen LogP contribution in [0.2, 0.25) is 10.0 Å². The molecule has 4 rings (SSSR count). The fourth-order valence-electron chi connectivity index (χ4n) is 4.03. The number of nitrogens with zero attached hydrogens (tertiary/aromatic N) is 2. The Morgan fingerprint density at radius 1 is 0.824 bits per heavy atom. The van der Waals surface area contributed by atoms with Crippen molar-refractivity contribution in [2.45, 2.75) is 10.9 Å². The van der Waals surface area contributed by atoms with Gasteiger partial charge in [-0.25, -0.2) is 13.1 Å². The number of amides is 1. The van der Waals surface area contributed by atoms with Crippen LogP contribution >= 0.6 is 23.2 Å². The Morgan fingerprint density at radius 2 is 1.38 bits per heavy atom. The minimum Gasteiger partial charge on any atom is -0.336 e. The van der Waals surface area contributed by atoms with Gasteiger partial charge in [-0.15, -0.1) is 0 Å². The first-order valence-corrected chi connectivity index (χ1v) is 13.2. The Bertz CT molecular complexity index is 1210. The smallest absolute Gasteiger partial charge is 0.253 e. The highest BCUT2D eigenvalue weighted by atomic mass is 35.5. The number of benzene rings is 3. The molecule has 1 aliphatic rings. The zero-order valence-electron chi connectivity index (χ0n) is 18.4. The van der Waals surface area contributed by atoms with Crippen LogP contribution in [-0.4, -0.2) is 56.8 Å². The molecule has 1 atom stereocenters. The van der Waals surface area contributed by atoms with E-state index in [-0.39, 0.29) is 23.4 Å². The highest BCUT2D eigenvalue weighted by molar-refractivity contribution is 7.89. The SMILES string of the molecule is O=C(c1ccc(Cl)cc1)N1CCN(C(CNS(=O)(=O)c2ccc(Cl)cc2)c2ccccc2)CC1. The van der Waals surface area contributed by atoms with E-state index in [0.29, 0.717) is 41.8 Å². The van der Waals surface area contributed by atoms with E-state index >= 15 is 0 Å². The maximum atomic E-state index is 12.9. The van der Waals surface area contributed by atoms with Crippen molar-refractivity contribution < 1.29 is 13.2 Å². The predicted octanol–water partition coefficient (Wildman–Crippen LogP) is 4.47. The normalized spacial score (nSPS) is 15.8. The van der Waals surface area contributed by atoms with Crippen molar-refractivity contribution in [1.82, 2.24) is 14.5 Å². The Kier molecular flexibility index (Phi) is 7.91. The highest BCUT2D eigenvalue weighted by Gasteiger charge is 2.28. The summed E-state index contributed by atoms with van der Waals surface area (Å²) in [4.78, 5) is 17.1. The molecule has 1 fully saturated rings. The molecule has 0 radical (unpaired) electrons. The van der Waals surface area contributed by atoms with Gasteiger partial charge in [0.05, 0.1) is 4.90 Å². The predicted molar refractivity (Wildman–Crippen MR) is 135 cm³/mol. The molecule has 1 amide bonds. The summed E-state index contributed by atoms with van der Waals surface area (Å²) in [7, 11) is -3.69. The van der Waals surface area contributed by atoms with Crippen LogP contribution in [0.1, 0.15) is 22.0 Å². The molecule has 3 aromatic carbocycles. The maximum absolute atomic E-state index is 12.9. The number of carbonyl (C=O) groups excluding carboxylic acids is 1. The number of halogens is 2. The van der Waals surface area contributed by atoms with Crippen LogP contribution in [0.3, 0.4) is 0 Å². The van der Waals surface area contributed by atoms with Gasteiger partial charge in [0.25, 0.3) is 5.91 Å². The van der Waals surface area contributed by atoms with E-state index in [9.17, 15) is 13.2 Å². The van der Waals surface area contributed by atoms with Crippen LogP contribution in [0.15, 0.2) is 83.8 Å². The summed E-state index contributed by atoms with van der Waals surface area (Å²) < 4.78 is 28.4. The van der Waals surface area contributed by atoms with Gasteiger partial charge in [0, 0.05) is 54.4 Å². The Hall–Kier alpha value is -2.42. The molecule has 0 bridgehead atoms.